The Balaban J connectivity index is 1.51. The Bertz CT molecular complexity index is 979. The van der Waals surface area contributed by atoms with Crippen LogP contribution in [-0.2, 0) is 16.8 Å². The molecule has 0 aliphatic carbocycles. The van der Waals surface area contributed by atoms with Gasteiger partial charge in [0, 0.05) is 39.7 Å². The van der Waals surface area contributed by atoms with E-state index in [2.05, 4.69) is 10.3 Å². The number of hydrogen-bond donors (Lipinski definition) is 1. The number of nitrogens with one attached hydrogen (secondary N) is 1. The third-order valence-electron chi connectivity index (χ3n) is 6.11. The number of nitrogens with zero attached hydrogens (tertiary/aromatic N) is 3. The molecular formula is C22H25FN4O2. The zero-order valence-electron chi connectivity index (χ0n) is 16.9. The highest BCUT2D eigenvalue weighted by Crippen LogP contribution is 2.38. The van der Waals surface area contributed by atoms with Gasteiger partial charge in [0.1, 0.15) is 11.6 Å². The van der Waals surface area contributed by atoms with Crippen LogP contribution in [0.5, 0.6) is 0 Å². The van der Waals surface area contributed by atoms with Crippen molar-refractivity contribution in [3.63, 3.8) is 0 Å². The van der Waals surface area contributed by atoms with Crippen LogP contribution in [0.1, 0.15) is 41.8 Å². The van der Waals surface area contributed by atoms with Crippen molar-refractivity contribution >= 4 is 17.6 Å². The highest BCUT2D eigenvalue weighted by Gasteiger charge is 2.36. The fraction of sp³-hybridized carbons (Fsp3) is 0.409. The quantitative estimate of drug-likeness (QED) is 0.867. The van der Waals surface area contributed by atoms with E-state index in [0.717, 1.165) is 23.4 Å². The monoisotopic (exact) mass is 396 g/mol. The first-order valence-electron chi connectivity index (χ1n) is 9.83. The summed E-state index contributed by atoms with van der Waals surface area (Å²) < 4.78 is 13.7. The Labute approximate surface area is 169 Å². The van der Waals surface area contributed by atoms with Gasteiger partial charge in [0.05, 0.1) is 17.1 Å². The van der Waals surface area contributed by atoms with Crippen molar-refractivity contribution < 1.29 is 14.0 Å². The number of fused-ring (bicyclic) bond motifs is 1. The molecule has 0 spiro atoms. The smallest absolute Gasteiger partial charge is 0.255 e. The predicted molar refractivity (Wildman–Crippen MR) is 108 cm³/mol. The topological polar surface area (TPSA) is 65.5 Å². The number of hydrogen-bond acceptors (Lipinski definition) is 4. The van der Waals surface area contributed by atoms with Gasteiger partial charge in [-0.25, -0.2) is 9.37 Å². The summed E-state index contributed by atoms with van der Waals surface area (Å²) in [7, 11) is 1.77. The third kappa shape index (κ3) is 3.57. The maximum absolute atomic E-state index is 13.7. The Morgan fingerprint density at radius 3 is 2.86 bits per heavy atom. The second-order valence-corrected chi connectivity index (χ2v) is 8.20. The molecule has 0 bridgehead atoms. The molecule has 29 heavy (non-hydrogen) atoms. The van der Waals surface area contributed by atoms with Gasteiger partial charge in [0.2, 0.25) is 5.91 Å². The maximum atomic E-state index is 13.7. The number of likely N-dealkylation sites (N-methyl/N-ethyl adjacent to an activating group) is 1. The molecule has 2 aliphatic rings. The van der Waals surface area contributed by atoms with E-state index in [4.69, 9.17) is 0 Å². The molecule has 1 aromatic carbocycles. The average Bonchev–Trinajstić information content (AvgIpc) is 3.31. The fourth-order valence-electron chi connectivity index (χ4n) is 4.25. The van der Waals surface area contributed by atoms with Gasteiger partial charge in [0.15, 0.2) is 0 Å². The minimum atomic E-state index is -0.470. The van der Waals surface area contributed by atoms with Crippen LogP contribution in [-0.4, -0.2) is 52.8 Å². The summed E-state index contributed by atoms with van der Waals surface area (Å²) in [6.07, 6.45) is 2.99. The van der Waals surface area contributed by atoms with Gasteiger partial charge in [-0.2, -0.15) is 0 Å². The Kier molecular flexibility index (Phi) is 4.76. The van der Waals surface area contributed by atoms with Gasteiger partial charge in [-0.3, -0.25) is 9.59 Å². The normalized spacial score (nSPS) is 22.9. The predicted octanol–water partition coefficient (Wildman–Crippen LogP) is 2.80. The Morgan fingerprint density at radius 1 is 1.34 bits per heavy atom. The fourth-order valence-corrected chi connectivity index (χ4v) is 4.25. The summed E-state index contributed by atoms with van der Waals surface area (Å²) in [5, 5.41) is 3.38. The van der Waals surface area contributed by atoms with Gasteiger partial charge in [-0.1, -0.05) is 12.1 Å². The average molecular weight is 396 g/mol. The molecule has 0 radical (unpaired) electrons. The van der Waals surface area contributed by atoms with Crippen molar-refractivity contribution in [3.8, 4) is 0 Å². The number of halogens is 1. The Hall–Kier alpha value is -2.96. The molecule has 4 rings (SSSR count). The van der Waals surface area contributed by atoms with Crippen molar-refractivity contribution in [2.24, 2.45) is 0 Å². The number of rotatable bonds is 3. The van der Waals surface area contributed by atoms with E-state index in [9.17, 15) is 14.0 Å². The molecule has 1 fully saturated rings. The van der Waals surface area contributed by atoms with Gasteiger partial charge < -0.3 is 15.1 Å². The van der Waals surface area contributed by atoms with Crippen molar-refractivity contribution in [1.82, 2.24) is 14.8 Å². The molecule has 2 aromatic rings. The van der Waals surface area contributed by atoms with Crippen LogP contribution in [0.25, 0.3) is 0 Å². The van der Waals surface area contributed by atoms with Crippen LogP contribution in [0.2, 0.25) is 0 Å². The summed E-state index contributed by atoms with van der Waals surface area (Å²) in [6, 6.07) is 8.48. The van der Waals surface area contributed by atoms with E-state index in [0.29, 0.717) is 25.1 Å². The number of carbonyl (C=O) groups excluding carboxylic acids is 2. The zero-order chi connectivity index (χ0) is 20.8. The summed E-state index contributed by atoms with van der Waals surface area (Å²) >= 11 is 0. The minimum absolute atomic E-state index is 0.00575. The lowest BCUT2D eigenvalue weighted by Gasteiger charge is -2.25. The number of benzene rings is 1. The molecule has 152 valence electrons. The summed E-state index contributed by atoms with van der Waals surface area (Å²) in [4.78, 5) is 32.5. The largest absolute Gasteiger partial charge is 0.360 e. The molecule has 1 aromatic heterocycles. The van der Waals surface area contributed by atoms with Gasteiger partial charge in [0.25, 0.3) is 5.91 Å². The lowest BCUT2D eigenvalue weighted by Crippen LogP contribution is -2.38. The van der Waals surface area contributed by atoms with Crippen LogP contribution in [0.4, 0.5) is 10.2 Å². The second kappa shape index (κ2) is 7.13. The van der Waals surface area contributed by atoms with Crippen LogP contribution < -0.4 is 5.32 Å². The highest BCUT2D eigenvalue weighted by atomic mass is 19.1. The van der Waals surface area contributed by atoms with E-state index in [1.54, 1.807) is 29.1 Å². The van der Waals surface area contributed by atoms with Crippen LogP contribution >= 0.6 is 0 Å². The van der Waals surface area contributed by atoms with Crippen molar-refractivity contribution in [2.45, 2.75) is 38.3 Å². The van der Waals surface area contributed by atoms with E-state index < -0.39 is 5.54 Å². The molecule has 1 N–H and O–H groups in total. The van der Waals surface area contributed by atoms with Gasteiger partial charge in [-0.15, -0.1) is 0 Å². The Morgan fingerprint density at radius 2 is 2.14 bits per heavy atom. The van der Waals surface area contributed by atoms with Gasteiger partial charge in [-0.05, 0) is 42.7 Å². The van der Waals surface area contributed by atoms with Crippen molar-refractivity contribution in [2.75, 3.05) is 25.5 Å². The van der Waals surface area contributed by atoms with Crippen LogP contribution in [0.15, 0.2) is 36.5 Å². The SMILES string of the molecule is CC(=O)N(C)[C@H]1CCN(C(=O)c2cnc3c(c2)CC(C)(c2cccc(F)c2)N3)C1. The number of carbonyl (C=O) groups is 2. The molecule has 0 saturated carbocycles. The van der Waals surface area contributed by atoms with Crippen LogP contribution in [0.3, 0.4) is 0 Å². The van der Waals surface area contributed by atoms with E-state index in [1.807, 2.05) is 19.1 Å². The van der Waals surface area contributed by atoms with E-state index in [1.165, 1.54) is 19.1 Å². The zero-order valence-corrected chi connectivity index (χ0v) is 16.9. The molecule has 7 heteroatoms. The number of aromatic nitrogens is 1. The number of pyridine rings is 1. The first-order chi connectivity index (χ1) is 13.8. The lowest BCUT2D eigenvalue weighted by atomic mass is 9.89. The number of likely N-dealkylation sites (tertiary alicyclic amines) is 1. The molecule has 6 nitrogen and oxygen atoms in total. The molecule has 2 atom stereocenters. The van der Waals surface area contributed by atoms with E-state index >= 15 is 0 Å². The summed E-state index contributed by atoms with van der Waals surface area (Å²) in [5.41, 5.74) is 1.86. The maximum Gasteiger partial charge on any atom is 0.255 e. The van der Waals surface area contributed by atoms with Crippen molar-refractivity contribution in [3.05, 3.63) is 59.0 Å². The number of amides is 2. The summed E-state index contributed by atoms with van der Waals surface area (Å²) in [5.74, 6) is 0.388. The van der Waals surface area contributed by atoms with Crippen LogP contribution in [0, 0.1) is 5.82 Å². The molecule has 1 unspecified atom stereocenters. The van der Waals surface area contributed by atoms with E-state index in [-0.39, 0.29) is 23.7 Å². The molecule has 2 amide bonds. The highest BCUT2D eigenvalue weighted by molar-refractivity contribution is 5.95. The standard InChI is InChI=1S/C22H25FN4O2/c1-14(28)26(3)19-7-8-27(13-19)21(29)16-9-15-11-22(2,25-20(15)24-12-16)17-5-4-6-18(23)10-17/h4-6,9-10,12,19H,7-8,11,13H2,1-3H3,(H,24,25)/t19-,22?/m0/s1. The molecule has 3 heterocycles. The molecular weight excluding hydrogens is 371 g/mol. The molecule has 1 saturated heterocycles. The van der Waals surface area contributed by atoms with Crippen molar-refractivity contribution in [1.29, 1.82) is 0 Å². The first-order valence-corrected chi connectivity index (χ1v) is 9.83. The first kappa shape index (κ1) is 19.4. The van der Waals surface area contributed by atoms with Gasteiger partial charge >= 0.3 is 0 Å². The third-order valence-corrected chi connectivity index (χ3v) is 6.11. The lowest BCUT2D eigenvalue weighted by molar-refractivity contribution is -0.129. The summed E-state index contributed by atoms with van der Waals surface area (Å²) in [6.45, 7) is 4.70. The second-order valence-electron chi connectivity index (χ2n) is 8.20. The number of anilines is 1. The molecule has 2 aliphatic heterocycles. The minimum Gasteiger partial charge on any atom is -0.360 e.